The van der Waals surface area contributed by atoms with Crippen LogP contribution < -0.4 is 5.32 Å². The van der Waals surface area contributed by atoms with Crippen LogP contribution in [-0.2, 0) is 16.1 Å². The number of methoxy groups -OCH3 is 1. The van der Waals surface area contributed by atoms with Crippen molar-refractivity contribution in [3.8, 4) is 5.69 Å². The average Bonchev–Trinajstić information content (AvgIpc) is 3.11. The van der Waals surface area contributed by atoms with Crippen molar-refractivity contribution in [2.45, 2.75) is 12.6 Å². The van der Waals surface area contributed by atoms with Gasteiger partial charge < -0.3 is 10.1 Å². The molecule has 1 atom stereocenters. The standard InChI is InChI=1S/C18H18N4O2/c1-24-17(14-8-4-2-5-9-14)18(23)19-12-15-13-22(21-20-15)16-10-6-3-7-11-16/h2-11,13,17H,12H2,1H3,(H,19,23). The lowest BCUT2D eigenvalue weighted by Gasteiger charge is -2.14. The summed E-state index contributed by atoms with van der Waals surface area (Å²) in [6.07, 6.45) is 1.15. The Morgan fingerprint density at radius 3 is 2.46 bits per heavy atom. The number of hydrogen-bond acceptors (Lipinski definition) is 4. The van der Waals surface area contributed by atoms with Crippen molar-refractivity contribution in [1.82, 2.24) is 20.3 Å². The summed E-state index contributed by atoms with van der Waals surface area (Å²) in [5.41, 5.74) is 2.40. The molecular weight excluding hydrogens is 304 g/mol. The quantitative estimate of drug-likeness (QED) is 0.756. The lowest BCUT2D eigenvalue weighted by Crippen LogP contribution is -2.30. The number of para-hydroxylation sites is 1. The Hall–Kier alpha value is -2.99. The molecule has 24 heavy (non-hydrogen) atoms. The van der Waals surface area contributed by atoms with Gasteiger partial charge in [-0.3, -0.25) is 4.79 Å². The average molecular weight is 322 g/mol. The molecule has 0 radical (unpaired) electrons. The molecule has 1 amide bonds. The van der Waals surface area contributed by atoms with Gasteiger partial charge >= 0.3 is 0 Å². The number of amides is 1. The number of ether oxygens (including phenoxy) is 1. The molecule has 0 saturated heterocycles. The Bertz CT molecular complexity index is 787. The normalized spacial score (nSPS) is 11.9. The molecule has 0 fully saturated rings. The molecule has 1 N–H and O–H groups in total. The number of nitrogens with one attached hydrogen (secondary N) is 1. The van der Waals surface area contributed by atoms with Gasteiger partial charge in [-0.1, -0.05) is 53.7 Å². The van der Waals surface area contributed by atoms with Crippen LogP contribution in [0.3, 0.4) is 0 Å². The Kier molecular flexibility index (Phi) is 4.98. The second-order valence-corrected chi connectivity index (χ2v) is 5.23. The van der Waals surface area contributed by atoms with Gasteiger partial charge in [0.1, 0.15) is 5.69 Å². The molecule has 3 rings (SSSR count). The first-order chi connectivity index (χ1) is 11.8. The second-order valence-electron chi connectivity index (χ2n) is 5.23. The molecule has 0 bridgehead atoms. The number of carbonyl (C=O) groups is 1. The van der Waals surface area contributed by atoms with Crippen molar-refractivity contribution in [3.05, 3.63) is 78.1 Å². The summed E-state index contributed by atoms with van der Waals surface area (Å²) >= 11 is 0. The molecule has 1 unspecified atom stereocenters. The molecule has 0 aliphatic carbocycles. The van der Waals surface area contributed by atoms with E-state index >= 15 is 0 Å². The summed E-state index contributed by atoms with van der Waals surface area (Å²) in [5.74, 6) is -0.210. The maximum absolute atomic E-state index is 12.3. The van der Waals surface area contributed by atoms with Crippen LogP contribution in [-0.4, -0.2) is 28.0 Å². The minimum atomic E-state index is -0.643. The zero-order valence-corrected chi connectivity index (χ0v) is 13.3. The zero-order chi connectivity index (χ0) is 16.8. The Balaban J connectivity index is 1.63. The van der Waals surface area contributed by atoms with Crippen molar-refractivity contribution < 1.29 is 9.53 Å². The van der Waals surface area contributed by atoms with E-state index in [1.165, 1.54) is 7.11 Å². The largest absolute Gasteiger partial charge is 0.367 e. The lowest BCUT2D eigenvalue weighted by atomic mass is 10.1. The predicted molar refractivity (Wildman–Crippen MR) is 89.4 cm³/mol. The van der Waals surface area contributed by atoms with Gasteiger partial charge in [0.05, 0.1) is 18.4 Å². The number of rotatable bonds is 6. The van der Waals surface area contributed by atoms with Crippen molar-refractivity contribution >= 4 is 5.91 Å². The summed E-state index contributed by atoms with van der Waals surface area (Å²) in [5, 5.41) is 11.0. The number of nitrogens with zero attached hydrogens (tertiary/aromatic N) is 3. The van der Waals surface area contributed by atoms with E-state index in [4.69, 9.17) is 4.74 Å². The summed E-state index contributed by atoms with van der Waals surface area (Å²) in [6, 6.07) is 19.1. The van der Waals surface area contributed by atoms with Crippen molar-refractivity contribution in [1.29, 1.82) is 0 Å². The van der Waals surface area contributed by atoms with E-state index < -0.39 is 6.10 Å². The smallest absolute Gasteiger partial charge is 0.254 e. The van der Waals surface area contributed by atoms with Crippen LogP contribution in [0.2, 0.25) is 0 Å². The fourth-order valence-electron chi connectivity index (χ4n) is 2.38. The van der Waals surface area contributed by atoms with E-state index in [-0.39, 0.29) is 5.91 Å². The molecule has 0 spiro atoms. The number of hydrogen-bond donors (Lipinski definition) is 1. The van der Waals surface area contributed by atoms with Crippen LogP contribution in [0, 0.1) is 0 Å². The van der Waals surface area contributed by atoms with E-state index in [0.717, 1.165) is 11.3 Å². The molecule has 122 valence electrons. The van der Waals surface area contributed by atoms with Gasteiger partial charge in [0, 0.05) is 7.11 Å². The highest BCUT2D eigenvalue weighted by atomic mass is 16.5. The first kappa shape index (κ1) is 15.9. The van der Waals surface area contributed by atoms with Gasteiger partial charge in [-0.2, -0.15) is 0 Å². The minimum absolute atomic E-state index is 0.210. The predicted octanol–water partition coefficient (Wildman–Crippen LogP) is 2.27. The topological polar surface area (TPSA) is 69.0 Å². The fourth-order valence-corrected chi connectivity index (χ4v) is 2.38. The van der Waals surface area contributed by atoms with Crippen LogP contribution in [0.25, 0.3) is 5.69 Å². The Labute approximate surface area is 140 Å². The third-order valence-corrected chi connectivity index (χ3v) is 3.58. The number of benzene rings is 2. The van der Waals surface area contributed by atoms with E-state index in [0.29, 0.717) is 12.2 Å². The molecule has 1 heterocycles. The number of carbonyl (C=O) groups excluding carboxylic acids is 1. The molecule has 2 aromatic carbocycles. The first-order valence-electron chi connectivity index (χ1n) is 7.60. The van der Waals surface area contributed by atoms with Crippen LogP contribution in [0.15, 0.2) is 66.9 Å². The maximum atomic E-state index is 12.3. The maximum Gasteiger partial charge on any atom is 0.254 e. The Morgan fingerprint density at radius 1 is 1.12 bits per heavy atom. The van der Waals surface area contributed by atoms with Gasteiger partial charge in [-0.15, -0.1) is 5.10 Å². The van der Waals surface area contributed by atoms with Crippen LogP contribution >= 0.6 is 0 Å². The van der Waals surface area contributed by atoms with E-state index in [1.54, 1.807) is 10.9 Å². The molecule has 3 aromatic rings. The monoisotopic (exact) mass is 322 g/mol. The molecule has 6 nitrogen and oxygen atoms in total. The van der Waals surface area contributed by atoms with Crippen LogP contribution in [0.4, 0.5) is 0 Å². The zero-order valence-electron chi connectivity index (χ0n) is 13.3. The summed E-state index contributed by atoms with van der Waals surface area (Å²) in [4.78, 5) is 12.3. The summed E-state index contributed by atoms with van der Waals surface area (Å²) in [6.45, 7) is 0.290. The van der Waals surface area contributed by atoms with E-state index in [1.807, 2.05) is 60.7 Å². The fraction of sp³-hybridized carbons (Fsp3) is 0.167. The molecule has 0 aliphatic heterocycles. The molecule has 1 aromatic heterocycles. The highest BCUT2D eigenvalue weighted by Gasteiger charge is 2.19. The Morgan fingerprint density at radius 2 is 1.79 bits per heavy atom. The molecule has 6 heteroatoms. The first-order valence-corrected chi connectivity index (χ1v) is 7.60. The number of aromatic nitrogens is 3. The highest BCUT2D eigenvalue weighted by Crippen LogP contribution is 2.16. The van der Waals surface area contributed by atoms with Crippen molar-refractivity contribution in [3.63, 3.8) is 0 Å². The summed E-state index contributed by atoms with van der Waals surface area (Å²) in [7, 11) is 1.52. The van der Waals surface area contributed by atoms with Crippen LogP contribution in [0.5, 0.6) is 0 Å². The summed E-state index contributed by atoms with van der Waals surface area (Å²) < 4.78 is 6.98. The third-order valence-electron chi connectivity index (χ3n) is 3.58. The van der Waals surface area contributed by atoms with Crippen LogP contribution in [0.1, 0.15) is 17.4 Å². The van der Waals surface area contributed by atoms with Gasteiger partial charge in [0.2, 0.25) is 0 Å². The highest BCUT2D eigenvalue weighted by molar-refractivity contribution is 5.82. The van der Waals surface area contributed by atoms with Gasteiger partial charge in [0.25, 0.3) is 5.91 Å². The third kappa shape index (κ3) is 3.67. The van der Waals surface area contributed by atoms with Crippen molar-refractivity contribution in [2.75, 3.05) is 7.11 Å². The van der Waals surface area contributed by atoms with Crippen molar-refractivity contribution in [2.24, 2.45) is 0 Å². The van der Waals surface area contributed by atoms with Gasteiger partial charge in [-0.05, 0) is 17.7 Å². The molecular formula is C18H18N4O2. The lowest BCUT2D eigenvalue weighted by molar-refractivity contribution is -0.131. The SMILES string of the molecule is COC(C(=O)NCc1cn(-c2ccccc2)nn1)c1ccccc1. The van der Waals surface area contributed by atoms with E-state index in [9.17, 15) is 4.79 Å². The minimum Gasteiger partial charge on any atom is -0.367 e. The van der Waals surface area contributed by atoms with Gasteiger partial charge in [0.15, 0.2) is 6.10 Å². The van der Waals surface area contributed by atoms with E-state index in [2.05, 4.69) is 15.6 Å². The second kappa shape index (κ2) is 7.52. The van der Waals surface area contributed by atoms with Gasteiger partial charge in [-0.25, -0.2) is 4.68 Å². The molecule has 0 aliphatic rings. The molecule has 0 saturated carbocycles.